The summed E-state index contributed by atoms with van der Waals surface area (Å²) >= 11 is 9.60. The molecule has 2 aliphatic rings. The molecule has 6 heteroatoms. The monoisotopic (exact) mass is 457 g/mol. The van der Waals surface area contributed by atoms with Crippen molar-refractivity contribution in [2.24, 2.45) is 0 Å². The molecular formula is C22H17BrClNO3. The van der Waals surface area contributed by atoms with E-state index < -0.39 is 17.3 Å². The highest BCUT2D eigenvalue weighted by Crippen LogP contribution is 2.66. The minimum atomic E-state index is -1.69. The van der Waals surface area contributed by atoms with Crippen LogP contribution in [-0.4, -0.2) is 21.3 Å². The van der Waals surface area contributed by atoms with E-state index in [9.17, 15) is 10.2 Å². The fourth-order valence-electron chi connectivity index (χ4n) is 4.75. The van der Waals surface area contributed by atoms with E-state index in [0.717, 1.165) is 15.6 Å². The molecule has 1 aliphatic carbocycles. The Labute approximate surface area is 175 Å². The number of nitrogens with zero attached hydrogens (tertiary/aromatic N) is 1. The number of ether oxygens (including phenoxy) is 1. The predicted molar refractivity (Wildman–Crippen MR) is 109 cm³/mol. The molecule has 4 nitrogen and oxygen atoms in total. The van der Waals surface area contributed by atoms with Gasteiger partial charge in [0.05, 0.1) is 11.1 Å². The number of hydrogen-bond acceptors (Lipinski definition) is 4. The molecule has 0 saturated heterocycles. The zero-order valence-electron chi connectivity index (χ0n) is 14.7. The highest BCUT2D eigenvalue weighted by atomic mass is 79.9. The number of halogens is 2. The Morgan fingerprint density at radius 1 is 1.11 bits per heavy atom. The Kier molecular flexibility index (Phi) is 4.07. The molecule has 28 heavy (non-hydrogen) atoms. The number of pyridine rings is 1. The van der Waals surface area contributed by atoms with Gasteiger partial charge in [-0.15, -0.1) is 0 Å². The summed E-state index contributed by atoms with van der Waals surface area (Å²) in [6, 6.07) is 19.1. The van der Waals surface area contributed by atoms with Crippen LogP contribution in [0.1, 0.15) is 29.2 Å². The van der Waals surface area contributed by atoms with Crippen molar-refractivity contribution in [2.45, 2.75) is 29.6 Å². The molecule has 3 aromatic rings. The maximum atomic E-state index is 12.0. The minimum absolute atomic E-state index is 0.275. The van der Waals surface area contributed by atoms with Gasteiger partial charge >= 0.3 is 0 Å². The van der Waals surface area contributed by atoms with Gasteiger partial charge in [-0.25, -0.2) is 0 Å². The molecule has 142 valence electrons. The second-order valence-corrected chi connectivity index (χ2v) is 8.68. The van der Waals surface area contributed by atoms with Gasteiger partial charge in [0.1, 0.15) is 11.4 Å². The van der Waals surface area contributed by atoms with Gasteiger partial charge in [-0.05, 0) is 29.7 Å². The smallest absolute Gasteiger partial charge is 0.180 e. The average Bonchev–Trinajstić information content (AvgIpc) is 3.09. The molecule has 1 fully saturated rings. The fourth-order valence-corrected chi connectivity index (χ4v) is 5.16. The lowest BCUT2D eigenvalue weighted by Crippen LogP contribution is -2.52. The van der Waals surface area contributed by atoms with Gasteiger partial charge < -0.3 is 14.9 Å². The molecule has 0 amide bonds. The van der Waals surface area contributed by atoms with E-state index in [4.69, 9.17) is 16.3 Å². The number of fused-ring (bicyclic) bond motifs is 3. The summed E-state index contributed by atoms with van der Waals surface area (Å²) in [5.41, 5.74) is -0.821. The van der Waals surface area contributed by atoms with Crippen LogP contribution in [-0.2, 0) is 11.2 Å². The van der Waals surface area contributed by atoms with Crippen LogP contribution in [0.2, 0.25) is 5.02 Å². The van der Waals surface area contributed by atoms with Gasteiger partial charge in [-0.3, -0.25) is 4.98 Å². The Hall–Kier alpha value is -1.92. The average molecular weight is 459 g/mol. The Morgan fingerprint density at radius 3 is 2.54 bits per heavy atom. The summed E-state index contributed by atoms with van der Waals surface area (Å²) in [4.78, 5) is 4.36. The van der Waals surface area contributed by atoms with Crippen molar-refractivity contribution >= 4 is 27.5 Å². The van der Waals surface area contributed by atoms with Gasteiger partial charge in [0.2, 0.25) is 0 Å². The van der Waals surface area contributed by atoms with Crippen LogP contribution in [0.4, 0.5) is 0 Å². The number of aromatic nitrogens is 1. The van der Waals surface area contributed by atoms with Crippen LogP contribution < -0.4 is 4.74 Å². The molecule has 0 radical (unpaired) electrons. The lowest BCUT2D eigenvalue weighted by atomic mass is 9.72. The van der Waals surface area contributed by atoms with E-state index in [2.05, 4.69) is 20.9 Å². The molecule has 1 aromatic heterocycles. The van der Waals surface area contributed by atoms with Crippen molar-refractivity contribution < 1.29 is 14.9 Å². The van der Waals surface area contributed by atoms with Crippen molar-refractivity contribution in [1.82, 2.24) is 4.98 Å². The Morgan fingerprint density at radius 2 is 1.82 bits per heavy atom. The number of aliphatic hydroxyl groups is 2. The normalized spacial score (nSPS) is 30.6. The van der Waals surface area contributed by atoms with Crippen molar-refractivity contribution in [2.75, 3.05) is 0 Å². The summed E-state index contributed by atoms with van der Waals surface area (Å²) in [5, 5.41) is 23.4. The van der Waals surface area contributed by atoms with E-state index in [1.807, 2.05) is 54.6 Å². The molecule has 0 spiro atoms. The van der Waals surface area contributed by atoms with E-state index in [1.165, 1.54) is 6.20 Å². The van der Waals surface area contributed by atoms with Gasteiger partial charge in [-0.1, -0.05) is 70.0 Å². The first-order valence-electron chi connectivity index (χ1n) is 9.03. The van der Waals surface area contributed by atoms with Crippen LogP contribution in [0.5, 0.6) is 5.75 Å². The van der Waals surface area contributed by atoms with Gasteiger partial charge in [0.25, 0.3) is 0 Å². The second-order valence-electron chi connectivity index (χ2n) is 7.33. The Balaban J connectivity index is 1.80. The van der Waals surface area contributed by atoms with Gasteiger partial charge in [0, 0.05) is 22.7 Å². The lowest BCUT2D eigenvalue weighted by Gasteiger charge is -2.40. The molecule has 2 aromatic carbocycles. The van der Waals surface area contributed by atoms with E-state index in [1.54, 1.807) is 6.07 Å². The highest BCUT2D eigenvalue weighted by Gasteiger charge is 2.73. The van der Waals surface area contributed by atoms with E-state index >= 15 is 0 Å². The summed E-state index contributed by atoms with van der Waals surface area (Å²) in [6.45, 7) is 0. The minimum Gasteiger partial charge on any atom is -0.476 e. The fraction of sp³-hybridized carbons (Fsp3) is 0.227. The van der Waals surface area contributed by atoms with Crippen LogP contribution in [0.3, 0.4) is 0 Å². The number of benzene rings is 2. The van der Waals surface area contributed by atoms with Crippen LogP contribution in [0.25, 0.3) is 0 Å². The zero-order valence-corrected chi connectivity index (χ0v) is 17.1. The van der Waals surface area contributed by atoms with Gasteiger partial charge in [-0.2, -0.15) is 0 Å². The molecule has 2 heterocycles. The number of aliphatic hydroxyl groups excluding tert-OH is 1. The largest absolute Gasteiger partial charge is 0.476 e. The molecule has 0 bridgehead atoms. The van der Waals surface area contributed by atoms with E-state index in [0.29, 0.717) is 22.9 Å². The third-order valence-corrected chi connectivity index (χ3v) is 6.66. The number of hydrogen-bond donors (Lipinski definition) is 2. The summed E-state index contributed by atoms with van der Waals surface area (Å²) in [7, 11) is 0. The quantitative estimate of drug-likeness (QED) is 0.593. The molecule has 2 N–H and O–H groups in total. The number of rotatable bonds is 2. The topological polar surface area (TPSA) is 62.6 Å². The van der Waals surface area contributed by atoms with Crippen molar-refractivity contribution in [1.29, 1.82) is 0 Å². The zero-order chi connectivity index (χ0) is 19.5. The first kappa shape index (κ1) is 18.1. The third-order valence-electron chi connectivity index (χ3n) is 5.92. The van der Waals surface area contributed by atoms with Crippen LogP contribution in [0, 0.1) is 0 Å². The highest BCUT2D eigenvalue weighted by molar-refractivity contribution is 9.10. The third kappa shape index (κ3) is 2.28. The van der Waals surface area contributed by atoms with Crippen molar-refractivity contribution in [3.63, 3.8) is 0 Å². The molecule has 0 unspecified atom stereocenters. The molecule has 5 rings (SSSR count). The van der Waals surface area contributed by atoms with Crippen molar-refractivity contribution in [3.8, 4) is 5.75 Å². The molecular weight excluding hydrogens is 442 g/mol. The first-order valence-corrected chi connectivity index (χ1v) is 10.2. The maximum Gasteiger partial charge on any atom is 0.180 e. The molecule has 1 aliphatic heterocycles. The van der Waals surface area contributed by atoms with Crippen LogP contribution in [0.15, 0.2) is 71.3 Å². The standard InChI is InChI=1S/C22H17BrClNO3/c23-15-8-6-14(7-9-15)22-17(13-4-2-1-3-5-13)11-19(26)21(22,27)20-18(28-22)10-16(24)12-25-20/h1-10,12,17,19,26-27H,11H2/t17-,19+,21+,22-/m0/s1. The van der Waals surface area contributed by atoms with Gasteiger partial charge in [0.15, 0.2) is 11.2 Å². The second kappa shape index (κ2) is 6.29. The summed E-state index contributed by atoms with van der Waals surface area (Å²) in [5.74, 6) is 0.125. The Bertz CT molecular complexity index is 1050. The van der Waals surface area contributed by atoms with E-state index in [-0.39, 0.29) is 5.92 Å². The molecule has 1 saturated carbocycles. The van der Waals surface area contributed by atoms with Crippen molar-refractivity contribution in [3.05, 3.63) is 93.2 Å². The SMILES string of the molecule is O[C@@H]1C[C@@H](c2ccccc2)[C@]2(c3ccc(Br)cc3)Oc3cc(Cl)cnc3[C@]12O. The maximum absolute atomic E-state index is 12.0. The lowest BCUT2D eigenvalue weighted by molar-refractivity contribution is -0.151. The first-order chi connectivity index (χ1) is 13.5. The molecule has 4 atom stereocenters. The summed E-state index contributed by atoms with van der Waals surface area (Å²) in [6.07, 6.45) is 0.777. The van der Waals surface area contributed by atoms with Crippen LogP contribution >= 0.6 is 27.5 Å². The summed E-state index contributed by atoms with van der Waals surface area (Å²) < 4.78 is 7.41. The predicted octanol–water partition coefficient (Wildman–Crippen LogP) is 4.52.